The molecule has 0 unspecified atom stereocenters. The van der Waals surface area contributed by atoms with E-state index in [0.29, 0.717) is 25.5 Å². The van der Waals surface area contributed by atoms with Crippen LogP contribution in [0.5, 0.6) is 0 Å². The highest BCUT2D eigenvalue weighted by Crippen LogP contribution is 2.03. The van der Waals surface area contributed by atoms with E-state index < -0.39 is 5.97 Å². The number of carbonyl (C=O) groups is 1. The number of benzene rings is 1. The molecule has 1 aromatic rings. The minimum atomic E-state index is -0.794. The highest BCUT2D eigenvalue weighted by molar-refractivity contribution is 5.94. The third-order valence-electron chi connectivity index (χ3n) is 2.11. The van der Waals surface area contributed by atoms with Crippen LogP contribution in [0.1, 0.15) is 25.3 Å². The monoisotopic (exact) mass is 235 g/mol. The molecule has 1 aromatic carbocycles. The normalized spacial score (nSPS) is 11.2. The predicted molar refractivity (Wildman–Crippen MR) is 66.3 cm³/mol. The number of aliphatic imine (C=N–C) groups is 1. The first kappa shape index (κ1) is 13.2. The van der Waals surface area contributed by atoms with Crippen LogP contribution in [-0.2, 0) is 9.53 Å². The van der Waals surface area contributed by atoms with E-state index in [1.54, 1.807) is 0 Å². The van der Waals surface area contributed by atoms with Crippen LogP contribution in [0, 0.1) is 0 Å². The summed E-state index contributed by atoms with van der Waals surface area (Å²) in [6.45, 7) is 2.92. The number of carboxylic acid groups (broad SMARTS) is 1. The average Bonchev–Trinajstić information content (AvgIpc) is 2.34. The number of nitrogens with zero attached hydrogens (tertiary/aromatic N) is 1. The Morgan fingerprint density at radius 1 is 1.35 bits per heavy atom. The lowest BCUT2D eigenvalue weighted by molar-refractivity contribution is -0.137. The van der Waals surface area contributed by atoms with Gasteiger partial charge in [0.2, 0.25) is 5.90 Å². The van der Waals surface area contributed by atoms with Crippen molar-refractivity contribution in [3.05, 3.63) is 35.9 Å². The van der Waals surface area contributed by atoms with Gasteiger partial charge in [0.1, 0.15) is 0 Å². The topological polar surface area (TPSA) is 58.9 Å². The van der Waals surface area contributed by atoms with Crippen LogP contribution in [0.25, 0.3) is 0 Å². The molecular weight excluding hydrogens is 218 g/mol. The zero-order valence-electron chi connectivity index (χ0n) is 9.93. The van der Waals surface area contributed by atoms with Gasteiger partial charge < -0.3 is 9.84 Å². The number of hydrogen-bond acceptors (Lipinski definition) is 3. The van der Waals surface area contributed by atoms with Gasteiger partial charge in [-0.2, -0.15) is 0 Å². The Bertz CT molecular complexity index is 374. The van der Waals surface area contributed by atoms with E-state index >= 15 is 0 Å². The minimum Gasteiger partial charge on any atom is -0.481 e. The van der Waals surface area contributed by atoms with Crippen LogP contribution in [0.4, 0.5) is 0 Å². The fourth-order valence-electron chi connectivity index (χ4n) is 1.35. The van der Waals surface area contributed by atoms with Crippen LogP contribution >= 0.6 is 0 Å². The van der Waals surface area contributed by atoms with E-state index in [1.807, 2.05) is 37.3 Å². The smallest absolute Gasteiger partial charge is 0.303 e. The summed E-state index contributed by atoms with van der Waals surface area (Å²) in [5.74, 6) is -0.212. The van der Waals surface area contributed by atoms with Crippen molar-refractivity contribution in [1.29, 1.82) is 0 Å². The van der Waals surface area contributed by atoms with Crippen molar-refractivity contribution in [2.75, 3.05) is 13.2 Å². The Balaban J connectivity index is 2.59. The van der Waals surface area contributed by atoms with Gasteiger partial charge in [-0.15, -0.1) is 0 Å². The summed E-state index contributed by atoms with van der Waals surface area (Å²) in [5, 5.41) is 8.52. The molecule has 1 rings (SSSR count). The molecule has 0 aliphatic carbocycles. The molecule has 4 heteroatoms. The Morgan fingerprint density at radius 3 is 2.65 bits per heavy atom. The van der Waals surface area contributed by atoms with Gasteiger partial charge in [-0.25, -0.2) is 0 Å². The summed E-state index contributed by atoms with van der Waals surface area (Å²) >= 11 is 0. The molecule has 0 aliphatic rings. The molecule has 1 N–H and O–H groups in total. The SMILES string of the molecule is CCOC(=NCCCC(=O)O)c1ccccc1. The van der Waals surface area contributed by atoms with E-state index in [-0.39, 0.29) is 6.42 Å². The first-order chi connectivity index (χ1) is 8.24. The maximum atomic E-state index is 10.4. The summed E-state index contributed by atoms with van der Waals surface area (Å²) in [5.41, 5.74) is 0.921. The van der Waals surface area contributed by atoms with Gasteiger partial charge in [-0.1, -0.05) is 18.2 Å². The number of aliphatic carboxylic acids is 1. The molecule has 0 bridgehead atoms. The third kappa shape index (κ3) is 5.15. The Hall–Kier alpha value is -1.84. The van der Waals surface area contributed by atoms with Crippen molar-refractivity contribution >= 4 is 11.9 Å². The molecule has 0 atom stereocenters. The standard InChI is InChI=1S/C13H17NO3/c1-2-17-13(11-7-4-3-5-8-11)14-10-6-9-12(15)16/h3-5,7-8H,2,6,9-10H2,1H3,(H,15,16). The highest BCUT2D eigenvalue weighted by Gasteiger charge is 2.03. The van der Waals surface area contributed by atoms with E-state index in [0.717, 1.165) is 5.56 Å². The molecule has 0 saturated carbocycles. The maximum absolute atomic E-state index is 10.4. The number of rotatable bonds is 6. The first-order valence-electron chi connectivity index (χ1n) is 5.68. The van der Waals surface area contributed by atoms with Crippen LogP contribution in [0.2, 0.25) is 0 Å². The van der Waals surface area contributed by atoms with Crippen molar-refractivity contribution in [2.45, 2.75) is 19.8 Å². The van der Waals surface area contributed by atoms with E-state index in [1.165, 1.54) is 0 Å². The van der Waals surface area contributed by atoms with Gasteiger partial charge >= 0.3 is 5.97 Å². The summed E-state index contributed by atoms with van der Waals surface area (Å²) < 4.78 is 5.44. The quantitative estimate of drug-likeness (QED) is 0.467. The second-order valence-corrected chi connectivity index (χ2v) is 3.48. The zero-order chi connectivity index (χ0) is 12.5. The summed E-state index contributed by atoms with van der Waals surface area (Å²) in [6.07, 6.45) is 0.663. The largest absolute Gasteiger partial charge is 0.481 e. The Kier molecular flexibility index (Phi) is 5.79. The molecule has 0 heterocycles. The molecule has 0 spiro atoms. The Labute approximate surface area is 101 Å². The molecule has 0 radical (unpaired) electrons. The lowest BCUT2D eigenvalue weighted by atomic mass is 10.2. The van der Waals surface area contributed by atoms with Crippen molar-refractivity contribution in [2.24, 2.45) is 4.99 Å². The molecule has 0 fully saturated rings. The van der Waals surface area contributed by atoms with Gasteiger partial charge in [0.25, 0.3) is 0 Å². The fourth-order valence-corrected chi connectivity index (χ4v) is 1.35. The summed E-state index contributed by atoms with van der Waals surface area (Å²) in [6, 6.07) is 9.61. The van der Waals surface area contributed by atoms with Crippen molar-refractivity contribution in [3.63, 3.8) is 0 Å². The molecule has 0 aromatic heterocycles. The van der Waals surface area contributed by atoms with Crippen LogP contribution in [-0.4, -0.2) is 30.1 Å². The number of hydrogen-bond donors (Lipinski definition) is 1. The average molecular weight is 235 g/mol. The molecule has 17 heavy (non-hydrogen) atoms. The van der Waals surface area contributed by atoms with Crippen molar-refractivity contribution in [1.82, 2.24) is 0 Å². The number of ether oxygens (including phenoxy) is 1. The van der Waals surface area contributed by atoms with Gasteiger partial charge in [0.15, 0.2) is 0 Å². The molecule has 0 amide bonds. The molecule has 4 nitrogen and oxygen atoms in total. The second kappa shape index (κ2) is 7.44. The van der Waals surface area contributed by atoms with Crippen LogP contribution in [0.15, 0.2) is 35.3 Å². The molecule has 0 aliphatic heterocycles. The van der Waals surface area contributed by atoms with Crippen LogP contribution in [0.3, 0.4) is 0 Å². The zero-order valence-corrected chi connectivity index (χ0v) is 9.93. The summed E-state index contributed by atoms with van der Waals surface area (Å²) in [4.78, 5) is 14.6. The minimum absolute atomic E-state index is 0.137. The predicted octanol–water partition coefficient (Wildman–Crippen LogP) is 2.33. The first-order valence-corrected chi connectivity index (χ1v) is 5.68. The Morgan fingerprint density at radius 2 is 2.06 bits per heavy atom. The van der Waals surface area contributed by atoms with E-state index in [4.69, 9.17) is 9.84 Å². The van der Waals surface area contributed by atoms with Crippen LogP contribution < -0.4 is 0 Å². The number of carboxylic acids is 1. The van der Waals surface area contributed by atoms with Crippen molar-refractivity contribution in [3.8, 4) is 0 Å². The highest BCUT2D eigenvalue weighted by atomic mass is 16.5. The van der Waals surface area contributed by atoms with Crippen molar-refractivity contribution < 1.29 is 14.6 Å². The van der Waals surface area contributed by atoms with Gasteiger partial charge in [-0.05, 0) is 25.5 Å². The lowest BCUT2D eigenvalue weighted by Crippen LogP contribution is -2.08. The fraction of sp³-hybridized carbons (Fsp3) is 0.385. The van der Waals surface area contributed by atoms with E-state index in [2.05, 4.69) is 4.99 Å². The van der Waals surface area contributed by atoms with Gasteiger partial charge in [0.05, 0.1) is 6.61 Å². The maximum Gasteiger partial charge on any atom is 0.303 e. The lowest BCUT2D eigenvalue weighted by Gasteiger charge is -2.07. The second-order valence-electron chi connectivity index (χ2n) is 3.48. The molecule has 0 saturated heterocycles. The molecular formula is C13H17NO3. The van der Waals surface area contributed by atoms with Gasteiger partial charge in [0, 0.05) is 18.5 Å². The molecule has 92 valence electrons. The summed E-state index contributed by atoms with van der Waals surface area (Å²) in [7, 11) is 0. The third-order valence-corrected chi connectivity index (χ3v) is 2.11. The van der Waals surface area contributed by atoms with E-state index in [9.17, 15) is 4.79 Å². The van der Waals surface area contributed by atoms with Gasteiger partial charge in [-0.3, -0.25) is 9.79 Å².